The van der Waals surface area contributed by atoms with Crippen LogP contribution in [-0.4, -0.2) is 43.5 Å². The number of thioether (sulfide) groups is 1. The maximum absolute atomic E-state index is 12.9. The highest BCUT2D eigenvalue weighted by molar-refractivity contribution is 7.98. The second kappa shape index (κ2) is 7.76. The zero-order valence-electron chi connectivity index (χ0n) is 12.9. The molecule has 0 saturated heterocycles. The lowest BCUT2D eigenvalue weighted by Gasteiger charge is -2.30. The van der Waals surface area contributed by atoms with E-state index in [2.05, 4.69) is 5.32 Å². The molecule has 1 heterocycles. The molecule has 1 aliphatic heterocycles. The zero-order valence-corrected chi connectivity index (χ0v) is 13.7. The molecule has 1 aromatic rings. The van der Waals surface area contributed by atoms with E-state index in [1.807, 2.05) is 30.5 Å². The summed E-state index contributed by atoms with van der Waals surface area (Å²) in [6, 6.07) is 6.57. The molecule has 3 atom stereocenters. The second-order valence-corrected chi connectivity index (χ2v) is 6.26. The highest BCUT2D eigenvalue weighted by Gasteiger charge is 2.37. The van der Waals surface area contributed by atoms with Gasteiger partial charge in [-0.2, -0.15) is 11.8 Å². The van der Waals surface area contributed by atoms with Gasteiger partial charge in [0.05, 0.1) is 19.1 Å². The minimum atomic E-state index is -0.930. The average molecular weight is 322 g/mol. The fourth-order valence-electron chi connectivity index (χ4n) is 2.82. The van der Waals surface area contributed by atoms with Crippen molar-refractivity contribution in [1.29, 1.82) is 0 Å². The number of benzene rings is 1. The van der Waals surface area contributed by atoms with E-state index in [1.54, 1.807) is 0 Å². The molecule has 0 spiro atoms. The quantitative estimate of drug-likeness (QED) is 0.758. The van der Waals surface area contributed by atoms with Gasteiger partial charge in [-0.3, -0.25) is 9.59 Å². The average Bonchev–Trinajstić information content (AvgIpc) is 2.57. The van der Waals surface area contributed by atoms with E-state index in [1.165, 1.54) is 24.4 Å². The summed E-state index contributed by atoms with van der Waals surface area (Å²) in [5.74, 6) is -0.655. The summed E-state index contributed by atoms with van der Waals surface area (Å²) in [5.41, 5.74) is 8.11. The normalized spacial score (nSPS) is 19.9. The molecule has 1 aliphatic rings. The first-order valence-corrected chi connectivity index (χ1v) is 8.66. The summed E-state index contributed by atoms with van der Waals surface area (Å²) < 4.78 is 4.70. The standard InChI is InChI=1S/C16H22N2O3S/c1-21-16(20)13(17)12(9-22-2)15(19)14-11-6-4-3-5-10(11)7-8-18-14/h3-6,12-14,18H,7-9,17H2,1-2H3/t12-,13-,14-/m0/s1. The molecule has 120 valence electrons. The predicted octanol–water partition coefficient (Wildman–Crippen LogP) is 0.922. The summed E-state index contributed by atoms with van der Waals surface area (Å²) >= 11 is 1.50. The number of esters is 1. The van der Waals surface area contributed by atoms with Crippen LogP contribution in [0.4, 0.5) is 0 Å². The van der Waals surface area contributed by atoms with Gasteiger partial charge < -0.3 is 15.8 Å². The van der Waals surface area contributed by atoms with Crippen LogP contribution in [0.2, 0.25) is 0 Å². The van der Waals surface area contributed by atoms with E-state index in [-0.39, 0.29) is 5.78 Å². The summed E-state index contributed by atoms with van der Waals surface area (Å²) in [6.45, 7) is 0.743. The predicted molar refractivity (Wildman–Crippen MR) is 87.8 cm³/mol. The lowest BCUT2D eigenvalue weighted by Crippen LogP contribution is -2.48. The Morgan fingerprint density at radius 1 is 1.45 bits per heavy atom. The first-order chi connectivity index (χ1) is 10.6. The van der Waals surface area contributed by atoms with Crippen LogP contribution in [0.15, 0.2) is 24.3 Å². The third kappa shape index (κ3) is 3.51. The molecule has 3 N–H and O–H groups in total. The second-order valence-electron chi connectivity index (χ2n) is 5.35. The van der Waals surface area contributed by atoms with Crippen molar-refractivity contribution < 1.29 is 14.3 Å². The number of carbonyl (C=O) groups is 2. The summed E-state index contributed by atoms with van der Waals surface area (Å²) in [7, 11) is 1.29. The highest BCUT2D eigenvalue weighted by atomic mass is 32.2. The van der Waals surface area contributed by atoms with Crippen molar-refractivity contribution in [3.8, 4) is 0 Å². The van der Waals surface area contributed by atoms with Crippen molar-refractivity contribution in [2.75, 3.05) is 25.7 Å². The number of ether oxygens (including phenoxy) is 1. The van der Waals surface area contributed by atoms with E-state index in [9.17, 15) is 9.59 Å². The summed E-state index contributed by atoms with van der Waals surface area (Å²) in [6.07, 6.45) is 2.79. The number of ketones is 1. The van der Waals surface area contributed by atoms with Crippen LogP contribution in [0.25, 0.3) is 0 Å². The summed E-state index contributed by atoms with van der Waals surface area (Å²) in [5, 5.41) is 3.26. The van der Waals surface area contributed by atoms with Gasteiger partial charge in [-0.1, -0.05) is 24.3 Å². The van der Waals surface area contributed by atoms with Crippen LogP contribution in [0.1, 0.15) is 17.2 Å². The number of hydrogen-bond donors (Lipinski definition) is 2. The van der Waals surface area contributed by atoms with Crippen molar-refractivity contribution >= 4 is 23.5 Å². The van der Waals surface area contributed by atoms with Crippen molar-refractivity contribution in [1.82, 2.24) is 5.32 Å². The molecule has 0 unspecified atom stereocenters. The van der Waals surface area contributed by atoms with Crippen LogP contribution >= 0.6 is 11.8 Å². The van der Waals surface area contributed by atoms with E-state index in [0.29, 0.717) is 5.75 Å². The van der Waals surface area contributed by atoms with Gasteiger partial charge in [-0.25, -0.2) is 0 Å². The SMILES string of the molecule is COC(=O)[C@@H](N)[C@H](CSC)C(=O)[C@H]1NCCc2ccccc21. The number of carbonyl (C=O) groups excluding carboxylic acids is 2. The van der Waals surface area contributed by atoms with E-state index >= 15 is 0 Å². The van der Waals surface area contributed by atoms with Gasteiger partial charge in [0, 0.05) is 12.3 Å². The Kier molecular flexibility index (Phi) is 5.99. The monoisotopic (exact) mass is 322 g/mol. The third-order valence-corrected chi connectivity index (χ3v) is 4.70. The Labute approximate surface area is 135 Å². The van der Waals surface area contributed by atoms with Crippen LogP contribution in [0.5, 0.6) is 0 Å². The minimum Gasteiger partial charge on any atom is -0.468 e. The molecule has 0 radical (unpaired) electrons. The van der Waals surface area contributed by atoms with Crippen LogP contribution < -0.4 is 11.1 Å². The first-order valence-electron chi connectivity index (χ1n) is 7.27. The van der Waals surface area contributed by atoms with Gasteiger partial charge >= 0.3 is 5.97 Å². The maximum Gasteiger partial charge on any atom is 0.323 e. The fourth-order valence-corrected chi connectivity index (χ4v) is 3.55. The molecule has 5 nitrogen and oxygen atoms in total. The van der Waals surface area contributed by atoms with Crippen molar-refractivity contribution in [3.05, 3.63) is 35.4 Å². The first kappa shape index (κ1) is 17.0. The Bertz CT molecular complexity index is 550. The van der Waals surface area contributed by atoms with Gasteiger partial charge in [-0.05, 0) is 23.8 Å². The number of nitrogens with two attached hydrogens (primary N) is 1. The van der Waals surface area contributed by atoms with Crippen molar-refractivity contribution in [2.45, 2.75) is 18.5 Å². The topological polar surface area (TPSA) is 81.4 Å². The van der Waals surface area contributed by atoms with Gasteiger partial charge in [-0.15, -0.1) is 0 Å². The maximum atomic E-state index is 12.9. The summed E-state index contributed by atoms with van der Waals surface area (Å²) in [4.78, 5) is 24.7. The number of hydrogen-bond acceptors (Lipinski definition) is 6. The molecule has 6 heteroatoms. The Morgan fingerprint density at radius 3 is 2.86 bits per heavy atom. The molecule has 1 aromatic carbocycles. The van der Waals surface area contributed by atoms with E-state index < -0.39 is 24.0 Å². The lowest BCUT2D eigenvalue weighted by molar-refractivity contribution is -0.145. The molecular formula is C16H22N2O3S. The van der Waals surface area contributed by atoms with E-state index in [4.69, 9.17) is 10.5 Å². The Balaban J connectivity index is 2.26. The minimum absolute atomic E-state index is 0.0422. The molecule has 0 fully saturated rings. The van der Waals surface area contributed by atoms with Crippen LogP contribution in [0.3, 0.4) is 0 Å². The number of methoxy groups -OCH3 is 1. The Hall–Kier alpha value is -1.37. The smallest absolute Gasteiger partial charge is 0.323 e. The third-order valence-electron chi connectivity index (χ3n) is 4.01. The fraction of sp³-hybridized carbons (Fsp3) is 0.500. The molecule has 0 bridgehead atoms. The van der Waals surface area contributed by atoms with Crippen LogP contribution in [-0.2, 0) is 20.7 Å². The van der Waals surface area contributed by atoms with Gasteiger partial charge in [0.15, 0.2) is 5.78 Å². The molecular weight excluding hydrogens is 300 g/mol. The van der Waals surface area contributed by atoms with Gasteiger partial charge in [0.25, 0.3) is 0 Å². The van der Waals surface area contributed by atoms with Gasteiger partial charge in [0.1, 0.15) is 6.04 Å². The largest absolute Gasteiger partial charge is 0.468 e. The number of fused-ring (bicyclic) bond motifs is 1. The van der Waals surface area contributed by atoms with Crippen molar-refractivity contribution in [2.24, 2.45) is 11.7 Å². The lowest BCUT2D eigenvalue weighted by atomic mass is 9.85. The molecule has 0 saturated carbocycles. The van der Waals surface area contributed by atoms with Gasteiger partial charge in [0.2, 0.25) is 0 Å². The molecule has 22 heavy (non-hydrogen) atoms. The van der Waals surface area contributed by atoms with Crippen LogP contribution in [0, 0.1) is 5.92 Å². The van der Waals surface area contributed by atoms with E-state index in [0.717, 1.165) is 18.5 Å². The molecule has 0 amide bonds. The zero-order chi connectivity index (χ0) is 16.1. The molecule has 0 aliphatic carbocycles. The highest BCUT2D eigenvalue weighted by Crippen LogP contribution is 2.27. The molecule has 2 rings (SSSR count). The van der Waals surface area contributed by atoms with Crippen molar-refractivity contribution in [3.63, 3.8) is 0 Å². The molecule has 0 aromatic heterocycles. The number of rotatable bonds is 6. The number of nitrogens with one attached hydrogen (secondary N) is 1. The number of Topliss-reactive ketones (excluding diaryl/α,β-unsaturated/α-hetero) is 1. The Morgan fingerprint density at radius 2 is 2.18 bits per heavy atom.